The normalized spacial score (nSPS) is 15.1. The van der Waals surface area contributed by atoms with E-state index in [-0.39, 0.29) is 5.91 Å². The van der Waals surface area contributed by atoms with Crippen molar-refractivity contribution in [3.8, 4) is 11.1 Å². The van der Waals surface area contributed by atoms with Gasteiger partial charge in [-0.05, 0) is 67.2 Å². The average molecular weight is 403 g/mol. The van der Waals surface area contributed by atoms with Gasteiger partial charge in [-0.2, -0.15) is 0 Å². The molecule has 1 fully saturated rings. The van der Waals surface area contributed by atoms with Crippen LogP contribution in [0.4, 0.5) is 5.69 Å². The van der Waals surface area contributed by atoms with Crippen LogP contribution in [0, 0.1) is 6.92 Å². The minimum atomic E-state index is -0.0856. The van der Waals surface area contributed by atoms with Crippen molar-refractivity contribution in [2.75, 3.05) is 25.0 Å². The van der Waals surface area contributed by atoms with E-state index >= 15 is 0 Å². The number of carbonyl (C=O) groups excluding carboxylic acids is 1. The highest BCUT2D eigenvalue weighted by Gasteiger charge is 2.13. The number of nitrogens with two attached hydrogens (primary N) is 1. The summed E-state index contributed by atoms with van der Waals surface area (Å²) >= 11 is 0. The third kappa shape index (κ3) is 4.32. The number of aromatic nitrogens is 1. The second-order valence-electron chi connectivity index (χ2n) is 7.97. The van der Waals surface area contributed by atoms with E-state index in [0.29, 0.717) is 6.54 Å². The molecule has 2 aromatic carbocycles. The number of carbonyl (C=O) groups is 1. The van der Waals surface area contributed by atoms with E-state index in [9.17, 15) is 4.79 Å². The number of anilines is 1. The Kier molecular flexibility index (Phi) is 6.31. The number of rotatable bonds is 6. The molecule has 5 heteroatoms. The van der Waals surface area contributed by atoms with Crippen molar-refractivity contribution in [2.45, 2.75) is 32.7 Å². The Morgan fingerprint density at radius 2 is 1.97 bits per heavy atom. The van der Waals surface area contributed by atoms with Gasteiger partial charge in [-0.25, -0.2) is 0 Å². The summed E-state index contributed by atoms with van der Waals surface area (Å²) < 4.78 is 0. The SMILES string of the molecule is Cc1c(NC(=O)/C=C/CN2CCCCC2)cccc1-c1ccc(CN)c2[nH]ccc12. The number of piperidine rings is 1. The first-order chi connectivity index (χ1) is 14.7. The molecule has 1 aromatic heterocycles. The fourth-order valence-corrected chi connectivity index (χ4v) is 4.31. The molecule has 0 spiro atoms. The van der Waals surface area contributed by atoms with E-state index in [4.69, 9.17) is 5.73 Å². The van der Waals surface area contributed by atoms with Crippen molar-refractivity contribution in [3.05, 3.63) is 65.9 Å². The molecule has 0 radical (unpaired) electrons. The van der Waals surface area contributed by atoms with Crippen molar-refractivity contribution in [1.29, 1.82) is 0 Å². The number of fused-ring (bicyclic) bond motifs is 1. The molecule has 0 saturated carbocycles. The van der Waals surface area contributed by atoms with E-state index < -0.39 is 0 Å². The maximum Gasteiger partial charge on any atom is 0.248 e. The zero-order chi connectivity index (χ0) is 20.9. The fourth-order valence-electron chi connectivity index (χ4n) is 4.31. The molecule has 0 atom stereocenters. The van der Waals surface area contributed by atoms with E-state index in [0.717, 1.165) is 58.5 Å². The summed E-state index contributed by atoms with van der Waals surface area (Å²) in [5, 5.41) is 4.19. The number of H-pyrrole nitrogens is 1. The van der Waals surface area contributed by atoms with Crippen LogP contribution in [-0.4, -0.2) is 35.4 Å². The number of hydrogen-bond acceptors (Lipinski definition) is 3. The minimum absolute atomic E-state index is 0.0856. The quantitative estimate of drug-likeness (QED) is 0.528. The van der Waals surface area contributed by atoms with Crippen molar-refractivity contribution in [3.63, 3.8) is 0 Å². The number of nitrogens with zero attached hydrogens (tertiary/aromatic N) is 1. The van der Waals surface area contributed by atoms with Gasteiger partial charge in [0, 0.05) is 36.4 Å². The summed E-state index contributed by atoms with van der Waals surface area (Å²) in [6.45, 7) is 5.65. The largest absolute Gasteiger partial charge is 0.361 e. The van der Waals surface area contributed by atoms with Gasteiger partial charge in [0.05, 0.1) is 5.52 Å². The van der Waals surface area contributed by atoms with Crippen molar-refractivity contribution in [2.24, 2.45) is 5.73 Å². The summed E-state index contributed by atoms with van der Waals surface area (Å²) in [5.41, 5.74) is 12.2. The highest BCUT2D eigenvalue weighted by atomic mass is 16.1. The van der Waals surface area contributed by atoms with Gasteiger partial charge in [-0.1, -0.05) is 36.8 Å². The lowest BCUT2D eigenvalue weighted by molar-refractivity contribution is -0.111. The molecule has 4 N–H and O–H groups in total. The van der Waals surface area contributed by atoms with Crippen LogP contribution < -0.4 is 11.1 Å². The van der Waals surface area contributed by atoms with E-state index in [1.54, 1.807) is 6.08 Å². The smallest absolute Gasteiger partial charge is 0.248 e. The molecule has 2 heterocycles. The van der Waals surface area contributed by atoms with Gasteiger partial charge in [-0.15, -0.1) is 0 Å². The Morgan fingerprint density at radius 3 is 2.77 bits per heavy atom. The molecule has 1 saturated heterocycles. The first-order valence-corrected chi connectivity index (χ1v) is 10.8. The van der Waals surface area contributed by atoms with Crippen molar-refractivity contribution < 1.29 is 4.79 Å². The maximum absolute atomic E-state index is 12.5. The van der Waals surface area contributed by atoms with E-state index in [1.165, 1.54) is 19.3 Å². The Morgan fingerprint density at radius 1 is 1.13 bits per heavy atom. The number of nitrogens with one attached hydrogen (secondary N) is 2. The molecular weight excluding hydrogens is 372 g/mol. The van der Waals surface area contributed by atoms with Gasteiger partial charge < -0.3 is 16.0 Å². The van der Waals surface area contributed by atoms with Gasteiger partial charge in [0.15, 0.2) is 0 Å². The molecule has 3 aromatic rings. The summed E-state index contributed by atoms with van der Waals surface area (Å²) in [4.78, 5) is 18.2. The van der Waals surface area contributed by atoms with E-state index in [1.807, 2.05) is 24.4 Å². The van der Waals surface area contributed by atoms with Gasteiger partial charge in [0.1, 0.15) is 0 Å². The fraction of sp³-hybridized carbons (Fsp3) is 0.320. The Labute approximate surface area is 178 Å². The summed E-state index contributed by atoms with van der Waals surface area (Å²) in [6.07, 6.45) is 9.40. The lowest BCUT2D eigenvalue weighted by atomic mass is 9.95. The van der Waals surface area contributed by atoms with Crippen LogP contribution in [0.5, 0.6) is 0 Å². The van der Waals surface area contributed by atoms with Crippen LogP contribution in [0.1, 0.15) is 30.4 Å². The molecule has 0 unspecified atom stereocenters. The number of likely N-dealkylation sites (tertiary alicyclic amines) is 1. The molecule has 1 aliphatic heterocycles. The van der Waals surface area contributed by atoms with Gasteiger partial charge in [-0.3, -0.25) is 9.69 Å². The summed E-state index contributed by atoms with van der Waals surface area (Å²) in [5.74, 6) is -0.0856. The third-order valence-electron chi connectivity index (χ3n) is 5.99. The predicted octanol–water partition coefficient (Wildman–Crippen LogP) is 4.58. The van der Waals surface area contributed by atoms with Gasteiger partial charge in [0.25, 0.3) is 0 Å². The highest BCUT2D eigenvalue weighted by Crippen LogP contribution is 2.34. The topological polar surface area (TPSA) is 74.2 Å². The van der Waals surface area contributed by atoms with Crippen LogP contribution in [0.2, 0.25) is 0 Å². The Bertz CT molecular complexity index is 1060. The molecule has 0 bridgehead atoms. The van der Waals surface area contributed by atoms with Crippen LogP contribution in [0.25, 0.3) is 22.0 Å². The number of benzene rings is 2. The minimum Gasteiger partial charge on any atom is -0.361 e. The second-order valence-corrected chi connectivity index (χ2v) is 7.97. The van der Waals surface area contributed by atoms with Crippen LogP contribution in [0.15, 0.2) is 54.7 Å². The molecule has 30 heavy (non-hydrogen) atoms. The molecular formula is C25H30N4O. The number of aromatic amines is 1. The van der Waals surface area contributed by atoms with Gasteiger partial charge in [0.2, 0.25) is 5.91 Å². The van der Waals surface area contributed by atoms with Crippen LogP contribution in [-0.2, 0) is 11.3 Å². The molecule has 5 nitrogen and oxygen atoms in total. The average Bonchev–Trinajstić information content (AvgIpc) is 3.26. The van der Waals surface area contributed by atoms with Crippen LogP contribution in [0.3, 0.4) is 0 Å². The molecule has 1 aliphatic rings. The van der Waals surface area contributed by atoms with Crippen LogP contribution >= 0.6 is 0 Å². The maximum atomic E-state index is 12.5. The Hall–Kier alpha value is -2.89. The lowest BCUT2D eigenvalue weighted by Crippen LogP contribution is -2.29. The molecule has 1 amide bonds. The zero-order valence-electron chi connectivity index (χ0n) is 17.6. The monoisotopic (exact) mass is 402 g/mol. The predicted molar refractivity (Wildman–Crippen MR) is 124 cm³/mol. The van der Waals surface area contributed by atoms with Crippen molar-refractivity contribution in [1.82, 2.24) is 9.88 Å². The summed E-state index contributed by atoms with van der Waals surface area (Å²) in [6, 6.07) is 12.3. The molecule has 0 aliphatic carbocycles. The third-order valence-corrected chi connectivity index (χ3v) is 5.99. The lowest BCUT2D eigenvalue weighted by Gasteiger charge is -2.24. The van der Waals surface area contributed by atoms with Gasteiger partial charge >= 0.3 is 0 Å². The Balaban J connectivity index is 1.52. The number of hydrogen-bond donors (Lipinski definition) is 3. The first-order valence-electron chi connectivity index (χ1n) is 10.8. The zero-order valence-corrected chi connectivity index (χ0v) is 17.6. The molecule has 4 rings (SSSR count). The standard InChI is InChI=1S/C25H30N4O/c1-18-20(21-11-10-19(17-26)25-22(21)12-13-27-25)7-5-8-23(18)28-24(30)9-6-16-29-14-3-2-4-15-29/h5-13,27H,2-4,14-17,26H2,1H3,(H,28,30)/b9-6+. The highest BCUT2D eigenvalue weighted by molar-refractivity contribution is 6.02. The molecule has 156 valence electrons. The first kappa shape index (κ1) is 20.4. The van der Waals surface area contributed by atoms with E-state index in [2.05, 4.69) is 46.4 Å². The second kappa shape index (κ2) is 9.28. The summed E-state index contributed by atoms with van der Waals surface area (Å²) in [7, 11) is 0. The number of amides is 1. The van der Waals surface area contributed by atoms with Crippen molar-refractivity contribution >= 4 is 22.5 Å².